The Kier molecular flexibility index (Phi) is 7.26. The number of morpholine rings is 1. The van der Waals surface area contributed by atoms with Gasteiger partial charge in [-0.2, -0.15) is 0 Å². The van der Waals surface area contributed by atoms with Crippen LogP contribution in [-0.4, -0.2) is 77.1 Å². The maximum absolute atomic E-state index is 5.72. The molecule has 1 atom stereocenters. The van der Waals surface area contributed by atoms with Crippen LogP contribution in [0.25, 0.3) is 0 Å². The molecule has 6 nitrogen and oxygen atoms in total. The Balaban J connectivity index is 1.48. The number of aliphatic imine (C=N–C) groups is 1. The molecule has 1 saturated carbocycles. The lowest BCUT2D eigenvalue weighted by Crippen LogP contribution is -2.48. The van der Waals surface area contributed by atoms with Gasteiger partial charge in [-0.15, -0.1) is 0 Å². The van der Waals surface area contributed by atoms with Crippen LogP contribution in [0.2, 0.25) is 0 Å². The van der Waals surface area contributed by atoms with E-state index < -0.39 is 0 Å². The summed E-state index contributed by atoms with van der Waals surface area (Å²) in [6, 6.07) is 0. The number of rotatable bonds is 8. The average Bonchev–Trinajstić information content (AvgIpc) is 3.30. The van der Waals surface area contributed by atoms with Crippen molar-refractivity contribution in [3.05, 3.63) is 0 Å². The first kappa shape index (κ1) is 16.5. The normalized spacial score (nSPS) is 24.1. The first-order chi connectivity index (χ1) is 10.3. The molecule has 0 radical (unpaired) electrons. The highest BCUT2D eigenvalue weighted by Crippen LogP contribution is 2.28. The molecule has 2 rings (SSSR count). The highest BCUT2D eigenvalue weighted by Gasteiger charge is 2.20. The molecule has 6 heteroatoms. The Morgan fingerprint density at radius 2 is 2.24 bits per heavy atom. The summed E-state index contributed by atoms with van der Waals surface area (Å²) < 4.78 is 11.3. The number of hydrogen-bond donors (Lipinski definition) is 2. The Labute approximate surface area is 128 Å². The van der Waals surface area contributed by atoms with Gasteiger partial charge in [-0.05, 0) is 32.2 Å². The fraction of sp³-hybridized carbons (Fsp3) is 0.933. The summed E-state index contributed by atoms with van der Waals surface area (Å²) in [6.07, 6.45) is 3.96. The van der Waals surface area contributed by atoms with Gasteiger partial charge in [0.15, 0.2) is 5.96 Å². The first-order valence-corrected chi connectivity index (χ1v) is 8.10. The van der Waals surface area contributed by atoms with E-state index in [1.165, 1.54) is 12.8 Å². The maximum atomic E-state index is 5.72. The van der Waals surface area contributed by atoms with Gasteiger partial charge in [0.2, 0.25) is 0 Å². The second kappa shape index (κ2) is 9.23. The summed E-state index contributed by atoms with van der Waals surface area (Å²) in [5.74, 6) is 1.69. The fourth-order valence-corrected chi connectivity index (χ4v) is 2.34. The summed E-state index contributed by atoms with van der Waals surface area (Å²) in [7, 11) is 3.93. The molecule has 0 aromatic rings. The van der Waals surface area contributed by atoms with Crippen LogP contribution in [0.1, 0.15) is 19.3 Å². The summed E-state index contributed by atoms with van der Waals surface area (Å²) in [5.41, 5.74) is 0. The van der Waals surface area contributed by atoms with E-state index in [1.54, 1.807) is 7.05 Å². The van der Waals surface area contributed by atoms with Crippen LogP contribution >= 0.6 is 0 Å². The molecule has 0 aromatic heterocycles. The Hall–Kier alpha value is -0.850. The number of nitrogens with one attached hydrogen (secondary N) is 2. The number of likely N-dealkylation sites (N-methyl/N-ethyl adjacent to an activating group) is 1. The summed E-state index contributed by atoms with van der Waals surface area (Å²) in [4.78, 5) is 6.53. The molecule has 0 amide bonds. The smallest absolute Gasteiger partial charge is 0.191 e. The van der Waals surface area contributed by atoms with Crippen molar-refractivity contribution in [2.24, 2.45) is 10.9 Å². The van der Waals surface area contributed by atoms with Crippen molar-refractivity contribution in [1.82, 2.24) is 15.5 Å². The van der Waals surface area contributed by atoms with Crippen molar-refractivity contribution in [3.8, 4) is 0 Å². The van der Waals surface area contributed by atoms with Crippen molar-refractivity contribution < 1.29 is 9.47 Å². The van der Waals surface area contributed by atoms with Crippen LogP contribution in [-0.2, 0) is 9.47 Å². The predicted octanol–water partition coefficient (Wildman–Crippen LogP) is 0.299. The van der Waals surface area contributed by atoms with E-state index in [-0.39, 0.29) is 6.10 Å². The standard InChI is InChI=1S/C15H30N4O2/c1-16-15(17-6-3-8-20-12-13-4-5-13)18-10-14-11-19(2)7-9-21-14/h13-14H,3-12H2,1-2H3,(H2,16,17,18). The molecule has 1 aliphatic heterocycles. The number of hydrogen-bond acceptors (Lipinski definition) is 4. The zero-order valence-corrected chi connectivity index (χ0v) is 13.4. The largest absolute Gasteiger partial charge is 0.381 e. The van der Waals surface area contributed by atoms with Gasteiger partial charge in [0.1, 0.15) is 0 Å². The van der Waals surface area contributed by atoms with Crippen LogP contribution in [0.4, 0.5) is 0 Å². The Morgan fingerprint density at radius 1 is 1.38 bits per heavy atom. The topological polar surface area (TPSA) is 58.1 Å². The monoisotopic (exact) mass is 298 g/mol. The van der Waals surface area contributed by atoms with E-state index in [0.29, 0.717) is 0 Å². The van der Waals surface area contributed by atoms with Gasteiger partial charge >= 0.3 is 0 Å². The van der Waals surface area contributed by atoms with Crippen molar-refractivity contribution in [2.45, 2.75) is 25.4 Å². The molecular weight excluding hydrogens is 268 g/mol. The average molecular weight is 298 g/mol. The minimum absolute atomic E-state index is 0.240. The fourth-order valence-electron chi connectivity index (χ4n) is 2.34. The van der Waals surface area contributed by atoms with Gasteiger partial charge in [-0.1, -0.05) is 0 Å². The predicted molar refractivity (Wildman–Crippen MR) is 84.8 cm³/mol. The molecule has 1 saturated heterocycles. The molecule has 2 N–H and O–H groups in total. The number of ether oxygens (including phenoxy) is 2. The molecule has 122 valence electrons. The third-order valence-corrected chi connectivity index (χ3v) is 3.87. The van der Waals surface area contributed by atoms with E-state index in [4.69, 9.17) is 9.47 Å². The van der Waals surface area contributed by atoms with Gasteiger partial charge < -0.3 is 25.0 Å². The van der Waals surface area contributed by atoms with Crippen LogP contribution in [0, 0.1) is 5.92 Å². The third kappa shape index (κ3) is 7.11. The summed E-state index contributed by atoms with van der Waals surface area (Å²) in [6.45, 7) is 6.25. The van der Waals surface area contributed by atoms with Crippen molar-refractivity contribution in [1.29, 1.82) is 0 Å². The first-order valence-electron chi connectivity index (χ1n) is 8.10. The summed E-state index contributed by atoms with van der Waals surface area (Å²) >= 11 is 0. The molecule has 2 aliphatic rings. The van der Waals surface area contributed by atoms with Crippen LogP contribution < -0.4 is 10.6 Å². The molecule has 0 spiro atoms. The number of guanidine groups is 1. The van der Waals surface area contributed by atoms with Crippen molar-refractivity contribution in [2.75, 3.05) is 60.1 Å². The van der Waals surface area contributed by atoms with Gasteiger partial charge in [-0.25, -0.2) is 0 Å². The molecule has 0 aromatic carbocycles. The van der Waals surface area contributed by atoms with Crippen molar-refractivity contribution in [3.63, 3.8) is 0 Å². The maximum Gasteiger partial charge on any atom is 0.191 e. The molecule has 0 bridgehead atoms. The molecule has 1 unspecified atom stereocenters. The van der Waals surface area contributed by atoms with Gasteiger partial charge in [0.05, 0.1) is 12.7 Å². The van der Waals surface area contributed by atoms with E-state index >= 15 is 0 Å². The third-order valence-electron chi connectivity index (χ3n) is 3.87. The van der Waals surface area contributed by atoms with Gasteiger partial charge in [-0.3, -0.25) is 4.99 Å². The SMILES string of the molecule is CN=C(NCCCOCC1CC1)NCC1CN(C)CCO1. The van der Waals surface area contributed by atoms with Crippen LogP contribution in [0.5, 0.6) is 0 Å². The van der Waals surface area contributed by atoms with E-state index in [0.717, 1.165) is 64.3 Å². The Bertz CT molecular complexity index is 321. The molecule has 2 fully saturated rings. The highest BCUT2D eigenvalue weighted by atomic mass is 16.5. The zero-order valence-electron chi connectivity index (χ0n) is 13.4. The quantitative estimate of drug-likeness (QED) is 0.383. The molecule has 1 aliphatic carbocycles. The van der Waals surface area contributed by atoms with Crippen LogP contribution in [0.3, 0.4) is 0 Å². The molecular formula is C15H30N4O2. The van der Waals surface area contributed by atoms with Crippen molar-refractivity contribution >= 4 is 5.96 Å². The second-order valence-corrected chi connectivity index (χ2v) is 6.01. The minimum atomic E-state index is 0.240. The van der Waals surface area contributed by atoms with E-state index in [1.807, 2.05) is 0 Å². The van der Waals surface area contributed by atoms with Crippen LogP contribution in [0.15, 0.2) is 4.99 Å². The number of nitrogens with zero attached hydrogens (tertiary/aromatic N) is 2. The highest BCUT2D eigenvalue weighted by molar-refractivity contribution is 5.79. The van der Waals surface area contributed by atoms with Gasteiger partial charge in [0, 0.05) is 46.4 Å². The lowest BCUT2D eigenvalue weighted by atomic mass is 10.3. The van der Waals surface area contributed by atoms with E-state index in [9.17, 15) is 0 Å². The van der Waals surface area contributed by atoms with Gasteiger partial charge in [0.25, 0.3) is 0 Å². The lowest BCUT2D eigenvalue weighted by molar-refractivity contribution is -0.0161. The summed E-state index contributed by atoms with van der Waals surface area (Å²) in [5, 5.41) is 6.64. The van der Waals surface area contributed by atoms with E-state index in [2.05, 4.69) is 27.6 Å². The molecule has 21 heavy (non-hydrogen) atoms. The molecule has 1 heterocycles. The Morgan fingerprint density at radius 3 is 2.95 bits per heavy atom. The second-order valence-electron chi connectivity index (χ2n) is 6.01. The minimum Gasteiger partial charge on any atom is -0.381 e. The zero-order chi connectivity index (χ0) is 14.9. The lowest BCUT2D eigenvalue weighted by Gasteiger charge is -2.30.